The molecule has 156 valence electrons. The quantitative estimate of drug-likeness (QED) is 0.808. The molecule has 3 heterocycles. The molecule has 2 amide bonds. The Hall–Kier alpha value is -2.77. The molecule has 4 rings (SSSR count). The van der Waals surface area contributed by atoms with Gasteiger partial charge in [-0.1, -0.05) is 6.07 Å². The van der Waals surface area contributed by atoms with Gasteiger partial charge in [0.2, 0.25) is 18.6 Å². The summed E-state index contributed by atoms with van der Waals surface area (Å²) in [5.41, 5.74) is 1.01. The zero-order chi connectivity index (χ0) is 20.4. The van der Waals surface area contributed by atoms with Gasteiger partial charge in [-0.2, -0.15) is 0 Å². The van der Waals surface area contributed by atoms with Crippen molar-refractivity contribution < 1.29 is 29.0 Å². The molecule has 0 radical (unpaired) electrons. The molecule has 0 aromatic heterocycles. The molecule has 3 aliphatic heterocycles. The maximum Gasteiger partial charge on any atom is 0.303 e. The van der Waals surface area contributed by atoms with Crippen molar-refractivity contribution in [3.8, 4) is 11.5 Å². The minimum Gasteiger partial charge on any atom is -0.481 e. The molecule has 2 saturated heterocycles. The third kappa shape index (κ3) is 4.46. The smallest absolute Gasteiger partial charge is 0.303 e. The molecule has 8 nitrogen and oxygen atoms in total. The van der Waals surface area contributed by atoms with E-state index in [0.717, 1.165) is 24.2 Å². The summed E-state index contributed by atoms with van der Waals surface area (Å²) in [7, 11) is 0. The number of likely N-dealkylation sites (tertiary alicyclic amines) is 2. The second kappa shape index (κ2) is 8.31. The van der Waals surface area contributed by atoms with Crippen molar-refractivity contribution in [2.75, 3.05) is 26.4 Å². The van der Waals surface area contributed by atoms with Gasteiger partial charge in [-0.15, -0.1) is 0 Å². The van der Waals surface area contributed by atoms with E-state index < -0.39 is 5.97 Å². The summed E-state index contributed by atoms with van der Waals surface area (Å²) < 4.78 is 10.8. The van der Waals surface area contributed by atoms with Crippen molar-refractivity contribution in [2.24, 2.45) is 11.8 Å². The lowest BCUT2D eigenvalue weighted by Gasteiger charge is -2.37. The number of nitrogens with zero attached hydrogens (tertiary/aromatic N) is 2. The van der Waals surface area contributed by atoms with Crippen molar-refractivity contribution in [1.29, 1.82) is 0 Å². The van der Waals surface area contributed by atoms with Crippen LogP contribution in [0.4, 0.5) is 0 Å². The van der Waals surface area contributed by atoms with E-state index >= 15 is 0 Å². The molecule has 0 unspecified atom stereocenters. The van der Waals surface area contributed by atoms with E-state index in [-0.39, 0.29) is 43.3 Å². The van der Waals surface area contributed by atoms with Gasteiger partial charge in [0.05, 0.1) is 6.42 Å². The number of amides is 2. The average molecular weight is 402 g/mol. The first-order chi connectivity index (χ1) is 14.0. The van der Waals surface area contributed by atoms with Crippen LogP contribution >= 0.6 is 0 Å². The van der Waals surface area contributed by atoms with E-state index in [2.05, 4.69) is 0 Å². The molecule has 1 N–H and O–H groups in total. The molecule has 0 aliphatic carbocycles. The molecule has 1 aromatic rings. The number of fused-ring (bicyclic) bond motifs is 2. The van der Waals surface area contributed by atoms with Crippen molar-refractivity contribution >= 4 is 17.8 Å². The fourth-order valence-electron chi connectivity index (χ4n) is 4.50. The number of carbonyl (C=O) groups excluding carboxylic acids is 2. The molecule has 0 bridgehead atoms. The molecule has 2 fully saturated rings. The van der Waals surface area contributed by atoms with Gasteiger partial charge in [0.1, 0.15) is 0 Å². The van der Waals surface area contributed by atoms with Crippen LogP contribution in [0.3, 0.4) is 0 Å². The molecule has 0 spiro atoms. The van der Waals surface area contributed by atoms with Crippen LogP contribution < -0.4 is 9.47 Å². The number of aliphatic carboxylic acids is 1. The number of hydrogen-bond acceptors (Lipinski definition) is 5. The molecule has 0 saturated carbocycles. The Balaban J connectivity index is 1.36. The highest BCUT2D eigenvalue weighted by atomic mass is 16.7. The normalized spacial score (nSPS) is 23.5. The third-order valence-corrected chi connectivity index (χ3v) is 6.17. The van der Waals surface area contributed by atoms with Gasteiger partial charge in [-0.3, -0.25) is 14.4 Å². The summed E-state index contributed by atoms with van der Waals surface area (Å²) in [6, 6.07) is 5.76. The van der Waals surface area contributed by atoms with Crippen molar-refractivity contribution in [3.63, 3.8) is 0 Å². The van der Waals surface area contributed by atoms with Crippen LogP contribution in [0.1, 0.15) is 37.7 Å². The van der Waals surface area contributed by atoms with Gasteiger partial charge < -0.3 is 24.4 Å². The lowest BCUT2D eigenvalue weighted by Crippen LogP contribution is -2.44. The second-order valence-corrected chi connectivity index (χ2v) is 8.04. The summed E-state index contributed by atoms with van der Waals surface area (Å²) in [4.78, 5) is 39.5. The van der Waals surface area contributed by atoms with E-state index in [0.29, 0.717) is 38.3 Å². The molecule has 2 atom stereocenters. The van der Waals surface area contributed by atoms with Crippen molar-refractivity contribution in [3.05, 3.63) is 23.8 Å². The number of piperidine rings is 1. The number of carbonyl (C=O) groups is 3. The predicted octanol–water partition coefficient (Wildman–Crippen LogP) is 1.87. The summed E-state index contributed by atoms with van der Waals surface area (Å²) in [6.45, 7) is 2.65. The van der Waals surface area contributed by atoms with Crippen LogP contribution in [-0.2, 0) is 20.9 Å². The van der Waals surface area contributed by atoms with Gasteiger partial charge in [-0.25, -0.2) is 0 Å². The maximum absolute atomic E-state index is 12.8. The lowest BCUT2D eigenvalue weighted by atomic mass is 9.82. The number of ether oxygens (including phenoxy) is 2. The fourth-order valence-corrected chi connectivity index (χ4v) is 4.50. The maximum atomic E-state index is 12.8. The first-order valence-corrected chi connectivity index (χ1v) is 10.2. The van der Waals surface area contributed by atoms with E-state index in [4.69, 9.17) is 14.6 Å². The van der Waals surface area contributed by atoms with E-state index in [1.807, 2.05) is 23.1 Å². The predicted molar refractivity (Wildman–Crippen MR) is 102 cm³/mol. The minimum atomic E-state index is -0.951. The Bertz CT molecular complexity index is 810. The number of hydrogen-bond donors (Lipinski definition) is 1. The zero-order valence-electron chi connectivity index (χ0n) is 16.3. The van der Waals surface area contributed by atoms with Crippen molar-refractivity contribution in [1.82, 2.24) is 9.80 Å². The van der Waals surface area contributed by atoms with E-state index in [1.165, 1.54) is 0 Å². The SMILES string of the molecule is O=C(O)CCC(=O)N1CC[C@H]2CC(=O)N(Cc3ccc4c(c3)OCO4)CC[C@@H]2C1. The van der Waals surface area contributed by atoms with Crippen LogP contribution in [0.25, 0.3) is 0 Å². The standard InChI is InChI=1S/C21H26N2O6/c24-19(3-4-21(26)27)23-7-5-15-10-20(25)22(8-6-16(15)12-23)11-14-1-2-17-18(9-14)29-13-28-17/h1-2,9,15-16H,3-8,10-13H2,(H,26,27)/t15-,16+/m0/s1. The summed E-state index contributed by atoms with van der Waals surface area (Å²) in [6.07, 6.45) is 2.07. The first kappa shape index (κ1) is 19.5. The van der Waals surface area contributed by atoms with E-state index in [1.54, 1.807) is 4.90 Å². The molecular weight excluding hydrogens is 376 g/mol. The Morgan fingerprint density at radius 2 is 1.86 bits per heavy atom. The third-order valence-electron chi connectivity index (χ3n) is 6.17. The monoisotopic (exact) mass is 402 g/mol. The Morgan fingerprint density at radius 1 is 1.07 bits per heavy atom. The molecular formula is C21H26N2O6. The van der Waals surface area contributed by atoms with Gasteiger partial charge in [0, 0.05) is 39.0 Å². The van der Waals surface area contributed by atoms with Crippen LogP contribution in [-0.4, -0.2) is 59.1 Å². The lowest BCUT2D eigenvalue weighted by molar-refractivity contribution is -0.142. The Morgan fingerprint density at radius 3 is 2.69 bits per heavy atom. The van der Waals surface area contributed by atoms with Crippen LogP contribution in [0, 0.1) is 11.8 Å². The van der Waals surface area contributed by atoms with Crippen LogP contribution in [0.2, 0.25) is 0 Å². The number of rotatable bonds is 5. The zero-order valence-corrected chi connectivity index (χ0v) is 16.3. The second-order valence-electron chi connectivity index (χ2n) is 8.04. The highest BCUT2D eigenvalue weighted by molar-refractivity contribution is 5.81. The van der Waals surface area contributed by atoms with Gasteiger partial charge in [0.15, 0.2) is 11.5 Å². The molecule has 3 aliphatic rings. The summed E-state index contributed by atoms with van der Waals surface area (Å²) in [5, 5.41) is 8.79. The highest BCUT2D eigenvalue weighted by Crippen LogP contribution is 2.35. The molecule has 1 aromatic carbocycles. The molecule has 29 heavy (non-hydrogen) atoms. The topological polar surface area (TPSA) is 96.4 Å². The highest BCUT2D eigenvalue weighted by Gasteiger charge is 2.36. The average Bonchev–Trinajstić information content (AvgIpc) is 3.11. The largest absolute Gasteiger partial charge is 0.481 e. The Kier molecular flexibility index (Phi) is 5.60. The fraction of sp³-hybridized carbons (Fsp3) is 0.571. The van der Waals surface area contributed by atoms with E-state index in [9.17, 15) is 14.4 Å². The first-order valence-electron chi connectivity index (χ1n) is 10.2. The molecule has 8 heteroatoms. The summed E-state index contributed by atoms with van der Waals surface area (Å²) in [5.74, 6) is 1.12. The van der Waals surface area contributed by atoms with Crippen LogP contribution in [0.5, 0.6) is 11.5 Å². The Labute approximate surface area is 169 Å². The van der Waals surface area contributed by atoms with Crippen molar-refractivity contribution in [2.45, 2.75) is 38.6 Å². The van der Waals surface area contributed by atoms with Gasteiger partial charge in [-0.05, 0) is 42.4 Å². The van der Waals surface area contributed by atoms with Gasteiger partial charge in [0.25, 0.3) is 0 Å². The number of benzene rings is 1. The van der Waals surface area contributed by atoms with Crippen LogP contribution in [0.15, 0.2) is 18.2 Å². The van der Waals surface area contributed by atoms with Gasteiger partial charge >= 0.3 is 5.97 Å². The minimum absolute atomic E-state index is 0.0435. The summed E-state index contributed by atoms with van der Waals surface area (Å²) >= 11 is 0. The number of carboxylic acid groups (broad SMARTS) is 1. The number of carboxylic acids is 1.